The van der Waals surface area contributed by atoms with Gasteiger partial charge in [-0.1, -0.05) is 43.0 Å². The van der Waals surface area contributed by atoms with Crippen molar-refractivity contribution in [1.82, 2.24) is 9.38 Å². The molecule has 2 aromatic heterocycles. The molecule has 0 saturated carbocycles. The number of hydrogen-bond donors (Lipinski definition) is 1. The Morgan fingerprint density at radius 2 is 2.05 bits per heavy atom. The van der Waals surface area contributed by atoms with Crippen LogP contribution in [0.4, 0.5) is 0 Å². The molecule has 0 aliphatic rings. The van der Waals surface area contributed by atoms with Gasteiger partial charge in [0.25, 0.3) is 0 Å². The van der Waals surface area contributed by atoms with Crippen molar-refractivity contribution in [3.05, 3.63) is 67.0 Å². The van der Waals surface area contributed by atoms with E-state index >= 15 is 0 Å². The summed E-state index contributed by atoms with van der Waals surface area (Å²) in [6.07, 6.45) is 3.29. The zero-order valence-electron chi connectivity index (χ0n) is 11.8. The van der Waals surface area contributed by atoms with Crippen molar-refractivity contribution in [3.63, 3.8) is 0 Å². The maximum absolute atomic E-state index is 11.7. The minimum absolute atomic E-state index is 0.116. The van der Waals surface area contributed by atoms with E-state index in [1.165, 1.54) is 4.40 Å². The van der Waals surface area contributed by atoms with Crippen molar-refractivity contribution in [2.45, 2.75) is 0 Å². The van der Waals surface area contributed by atoms with E-state index in [4.69, 9.17) is 4.74 Å². The van der Waals surface area contributed by atoms with Gasteiger partial charge in [0, 0.05) is 11.8 Å². The Hall–Kier alpha value is -3.08. The van der Waals surface area contributed by atoms with Crippen LogP contribution in [0.15, 0.2) is 61.3 Å². The van der Waals surface area contributed by atoms with Gasteiger partial charge in [-0.2, -0.15) is 0 Å². The van der Waals surface area contributed by atoms with Crippen LogP contribution >= 0.6 is 0 Å². The van der Waals surface area contributed by atoms with E-state index in [0.29, 0.717) is 23.7 Å². The predicted octanol–water partition coefficient (Wildman–Crippen LogP) is 3.26. The summed E-state index contributed by atoms with van der Waals surface area (Å²) < 4.78 is 7.09. The molecule has 5 heteroatoms. The largest absolute Gasteiger partial charge is 0.486 e. The third-order valence-electron chi connectivity index (χ3n) is 3.22. The summed E-state index contributed by atoms with van der Waals surface area (Å²) in [6.45, 7) is 3.94. The van der Waals surface area contributed by atoms with Crippen molar-refractivity contribution < 1.29 is 14.6 Å². The Morgan fingerprint density at radius 3 is 2.73 bits per heavy atom. The van der Waals surface area contributed by atoms with Crippen molar-refractivity contribution in [1.29, 1.82) is 0 Å². The van der Waals surface area contributed by atoms with Crippen LogP contribution in [0, 0.1) is 0 Å². The first-order chi connectivity index (χ1) is 10.7. The molecule has 2 heterocycles. The first kappa shape index (κ1) is 13.9. The van der Waals surface area contributed by atoms with E-state index in [-0.39, 0.29) is 5.69 Å². The molecule has 22 heavy (non-hydrogen) atoms. The number of imidazole rings is 1. The number of nitrogens with zero attached hydrogens (tertiary/aromatic N) is 2. The summed E-state index contributed by atoms with van der Waals surface area (Å²) in [5.74, 6) is -0.515. The van der Waals surface area contributed by atoms with Gasteiger partial charge in [-0.3, -0.25) is 4.40 Å². The zero-order valence-corrected chi connectivity index (χ0v) is 11.8. The second kappa shape index (κ2) is 5.73. The number of carboxylic acid groups (broad SMARTS) is 1. The van der Waals surface area contributed by atoms with Crippen LogP contribution in [0.25, 0.3) is 16.9 Å². The Balaban J connectivity index is 2.26. The molecule has 5 nitrogen and oxygen atoms in total. The summed E-state index contributed by atoms with van der Waals surface area (Å²) in [5.41, 5.74) is 1.76. The van der Waals surface area contributed by atoms with E-state index in [0.717, 1.165) is 5.56 Å². The fourth-order valence-electron chi connectivity index (χ4n) is 2.31. The molecule has 0 saturated heterocycles. The quantitative estimate of drug-likeness (QED) is 0.734. The number of rotatable bonds is 5. The molecule has 0 amide bonds. The average Bonchev–Trinajstić information content (AvgIpc) is 2.94. The number of hydrogen-bond acceptors (Lipinski definition) is 3. The van der Waals surface area contributed by atoms with Gasteiger partial charge in [-0.25, -0.2) is 9.78 Å². The topological polar surface area (TPSA) is 63.8 Å². The lowest BCUT2D eigenvalue weighted by molar-refractivity contribution is 0.0690. The highest BCUT2D eigenvalue weighted by atomic mass is 16.5. The third kappa shape index (κ3) is 2.33. The van der Waals surface area contributed by atoms with Crippen LogP contribution in [0.5, 0.6) is 5.75 Å². The number of ether oxygens (including phenoxy) is 1. The van der Waals surface area contributed by atoms with Gasteiger partial charge >= 0.3 is 5.97 Å². The van der Waals surface area contributed by atoms with E-state index < -0.39 is 5.97 Å². The summed E-state index contributed by atoms with van der Waals surface area (Å²) in [7, 11) is 0. The second-order valence-electron chi connectivity index (χ2n) is 4.65. The van der Waals surface area contributed by atoms with Crippen LogP contribution in [-0.4, -0.2) is 27.1 Å². The van der Waals surface area contributed by atoms with Crippen molar-refractivity contribution in [2.75, 3.05) is 6.61 Å². The van der Waals surface area contributed by atoms with Crippen molar-refractivity contribution in [3.8, 4) is 17.0 Å². The molecule has 0 aliphatic carbocycles. The molecule has 1 aromatic carbocycles. The molecule has 0 radical (unpaired) electrons. The second-order valence-corrected chi connectivity index (χ2v) is 4.65. The van der Waals surface area contributed by atoms with Gasteiger partial charge in [0.05, 0.1) is 0 Å². The third-order valence-corrected chi connectivity index (χ3v) is 3.22. The summed E-state index contributed by atoms with van der Waals surface area (Å²) >= 11 is 0. The maximum atomic E-state index is 11.7. The molecule has 110 valence electrons. The lowest BCUT2D eigenvalue weighted by Gasteiger charge is -2.04. The molecule has 0 aliphatic heterocycles. The zero-order chi connectivity index (χ0) is 15.5. The van der Waals surface area contributed by atoms with Crippen LogP contribution in [-0.2, 0) is 0 Å². The van der Waals surface area contributed by atoms with Gasteiger partial charge in [0.15, 0.2) is 17.1 Å². The van der Waals surface area contributed by atoms with Gasteiger partial charge in [-0.05, 0) is 12.1 Å². The van der Waals surface area contributed by atoms with Gasteiger partial charge < -0.3 is 9.84 Å². The number of carboxylic acids is 1. The molecular formula is C17H14N2O3. The first-order valence-electron chi connectivity index (χ1n) is 6.76. The minimum Gasteiger partial charge on any atom is -0.486 e. The highest BCUT2D eigenvalue weighted by molar-refractivity contribution is 5.95. The standard InChI is InChI=1S/C17H14N2O3/c1-2-11-22-13-9-6-10-19-15(17(20)21)14(18-16(13)19)12-7-4-3-5-8-12/h2-10H,1,11H2,(H,20,21). The summed E-state index contributed by atoms with van der Waals surface area (Å²) in [4.78, 5) is 16.2. The fraction of sp³-hybridized carbons (Fsp3) is 0.0588. The van der Waals surface area contributed by atoms with Crippen molar-refractivity contribution in [2.24, 2.45) is 0 Å². The van der Waals surface area contributed by atoms with Crippen LogP contribution < -0.4 is 4.74 Å². The molecule has 0 atom stereocenters. The highest BCUT2D eigenvalue weighted by Crippen LogP contribution is 2.28. The monoisotopic (exact) mass is 294 g/mol. The van der Waals surface area contributed by atoms with Gasteiger partial charge in [0.1, 0.15) is 12.3 Å². The number of fused-ring (bicyclic) bond motifs is 1. The minimum atomic E-state index is -1.03. The van der Waals surface area contributed by atoms with Crippen LogP contribution in [0.2, 0.25) is 0 Å². The smallest absolute Gasteiger partial charge is 0.355 e. The highest BCUT2D eigenvalue weighted by Gasteiger charge is 2.21. The van der Waals surface area contributed by atoms with E-state index in [2.05, 4.69) is 11.6 Å². The number of carbonyl (C=O) groups is 1. The SMILES string of the molecule is C=CCOc1cccn2c(C(=O)O)c(-c3ccccc3)nc12. The molecule has 1 N–H and O–H groups in total. The molecular weight excluding hydrogens is 280 g/mol. The summed E-state index contributed by atoms with van der Waals surface area (Å²) in [6, 6.07) is 12.7. The number of benzene rings is 1. The Labute approximate surface area is 127 Å². The lowest BCUT2D eigenvalue weighted by atomic mass is 10.1. The fourth-order valence-corrected chi connectivity index (χ4v) is 2.31. The van der Waals surface area contributed by atoms with Crippen molar-refractivity contribution >= 4 is 11.6 Å². The normalized spacial score (nSPS) is 10.5. The van der Waals surface area contributed by atoms with Gasteiger partial charge in [0.2, 0.25) is 0 Å². The van der Waals surface area contributed by atoms with Crippen LogP contribution in [0.1, 0.15) is 10.5 Å². The number of aromatic carboxylic acids is 1. The number of pyridine rings is 1. The first-order valence-corrected chi connectivity index (χ1v) is 6.76. The lowest BCUT2D eigenvalue weighted by Crippen LogP contribution is -2.04. The summed E-state index contributed by atoms with van der Waals surface area (Å²) in [5, 5.41) is 9.56. The molecule has 3 aromatic rings. The van der Waals surface area contributed by atoms with Crippen LogP contribution in [0.3, 0.4) is 0 Å². The number of aromatic nitrogens is 2. The molecule has 0 bridgehead atoms. The maximum Gasteiger partial charge on any atom is 0.355 e. The Morgan fingerprint density at radius 1 is 1.27 bits per heavy atom. The van der Waals surface area contributed by atoms with E-state index in [1.54, 1.807) is 24.4 Å². The van der Waals surface area contributed by atoms with Gasteiger partial charge in [-0.15, -0.1) is 0 Å². The molecule has 3 rings (SSSR count). The predicted molar refractivity (Wildman–Crippen MR) is 83.3 cm³/mol. The Kier molecular flexibility index (Phi) is 3.62. The van der Waals surface area contributed by atoms with E-state index in [9.17, 15) is 9.90 Å². The molecule has 0 spiro atoms. The Bertz CT molecular complexity index is 838. The molecule has 0 fully saturated rings. The molecule has 0 unspecified atom stereocenters. The average molecular weight is 294 g/mol. The van der Waals surface area contributed by atoms with E-state index in [1.807, 2.05) is 30.3 Å².